The Morgan fingerprint density at radius 3 is 2.93 bits per heavy atom. The minimum atomic E-state index is -0.329. The second-order valence-corrected chi connectivity index (χ2v) is 8.27. The maximum absolute atomic E-state index is 12.0. The van der Waals surface area contributed by atoms with E-state index in [0.29, 0.717) is 17.9 Å². The van der Waals surface area contributed by atoms with Crippen LogP contribution in [0.15, 0.2) is 54.6 Å². The van der Waals surface area contributed by atoms with Crippen LogP contribution in [0.4, 0.5) is 5.13 Å². The lowest BCUT2D eigenvalue weighted by atomic mass is 10.0. The lowest BCUT2D eigenvalue weighted by molar-refractivity contribution is 0.518. The number of anilines is 1. The molecule has 3 heterocycles. The van der Waals surface area contributed by atoms with Crippen LogP contribution in [0.5, 0.6) is 0 Å². The SMILES string of the molecule is Cc1ccc2c(CSc3nnc(NCc4ccco4)s3)cc(=O)oc2c1C. The highest BCUT2D eigenvalue weighted by atomic mass is 32.2. The van der Waals surface area contributed by atoms with Gasteiger partial charge in [-0.2, -0.15) is 0 Å². The summed E-state index contributed by atoms with van der Waals surface area (Å²) in [6.45, 7) is 4.54. The number of hydrogen-bond acceptors (Lipinski definition) is 8. The number of aryl methyl sites for hydroxylation is 2. The molecule has 27 heavy (non-hydrogen) atoms. The Kier molecular flexibility index (Phi) is 5.00. The molecule has 0 amide bonds. The fraction of sp³-hybridized carbons (Fsp3) is 0.211. The summed E-state index contributed by atoms with van der Waals surface area (Å²) in [6.07, 6.45) is 1.64. The third-order valence-electron chi connectivity index (χ3n) is 4.27. The Morgan fingerprint density at radius 1 is 1.22 bits per heavy atom. The van der Waals surface area contributed by atoms with E-state index in [9.17, 15) is 4.79 Å². The number of rotatable bonds is 6. The predicted molar refractivity (Wildman–Crippen MR) is 107 cm³/mol. The fourth-order valence-electron chi connectivity index (χ4n) is 2.70. The zero-order chi connectivity index (χ0) is 18.8. The quantitative estimate of drug-likeness (QED) is 0.370. The van der Waals surface area contributed by atoms with Crippen LogP contribution in [0.3, 0.4) is 0 Å². The normalized spacial score (nSPS) is 11.2. The minimum Gasteiger partial charge on any atom is -0.467 e. The molecule has 1 aromatic carbocycles. The van der Waals surface area contributed by atoms with Gasteiger partial charge in [0.2, 0.25) is 5.13 Å². The summed E-state index contributed by atoms with van der Waals surface area (Å²) in [5.41, 5.74) is 3.37. The average molecular weight is 399 g/mol. The topological polar surface area (TPSA) is 81.2 Å². The first-order valence-corrected chi connectivity index (χ1v) is 10.2. The third kappa shape index (κ3) is 3.91. The number of nitrogens with zero attached hydrogens (tertiary/aromatic N) is 2. The van der Waals surface area contributed by atoms with Gasteiger partial charge in [-0.15, -0.1) is 10.2 Å². The van der Waals surface area contributed by atoms with E-state index in [1.54, 1.807) is 24.1 Å². The number of fused-ring (bicyclic) bond motifs is 1. The molecule has 0 bridgehead atoms. The van der Waals surface area contributed by atoms with Gasteiger partial charge in [-0.3, -0.25) is 0 Å². The van der Waals surface area contributed by atoms with E-state index in [2.05, 4.69) is 15.5 Å². The van der Waals surface area contributed by atoms with Crippen LogP contribution in [-0.2, 0) is 12.3 Å². The van der Waals surface area contributed by atoms with E-state index in [1.165, 1.54) is 11.3 Å². The van der Waals surface area contributed by atoms with Crippen LogP contribution in [0.25, 0.3) is 11.0 Å². The summed E-state index contributed by atoms with van der Waals surface area (Å²) in [5, 5.41) is 13.2. The van der Waals surface area contributed by atoms with Gasteiger partial charge in [-0.05, 0) is 42.7 Å². The van der Waals surface area contributed by atoms with Crippen molar-refractivity contribution in [1.82, 2.24) is 10.2 Å². The van der Waals surface area contributed by atoms with E-state index in [4.69, 9.17) is 8.83 Å². The van der Waals surface area contributed by atoms with Crippen LogP contribution in [0.2, 0.25) is 0 Å². The second-order valence-electron chi connectivity index (χ2n) is 6.07. The molecule has 0 aliphatic heterocycles. The molecule has 138 valence electrons. The molecule has 0 atom stereocenters. The first-order chi connectivity index (χ1) is 13.1. The Balaban J connectivity index is 1.49. The molecule has 1 N–H and O–H groups in total. The number of nitrogens with one attached hydrogen (secondary N) is 1. The molecule has 6 nitrogen and oxygen atoms in total. The maximum Gasteiger partial charge on any atom is 0.336 e. The monoisotopic (exact) mass is 399 g/mol. The maximum atomic E-state index is 12.0. The number of thioether (sulfide) groups is 1. The lowest BCUT2D eigenvalue weighted by Crippen LogP contribution is -2.01. The molecular formula is C19H17N3O3S2. The average Bonchev–Trinajstić information content (AvgIpc) is 3.33. The Bertz CT molecular complexity index is 1130. The fourth-order valence-corrected chi connectivity index (χ4v) is 4.44. The third-order valence-corrected chi connectivity index (χ3v) is 6.33. The van der Waals surface area contributed by atoms with Crippen LogP contribution in [0.1, 0.15) is 22.5 Å². The van der Waals surface area contributed by atoms with Crippen molar-refractivity contribution in [3.63, 3.8) is 0 Å². The summed E-state index contributed by atoms with van der Waals surface area (Å²) in [4.78, 5) is 12.0. The molecule has 0 saturated heterocycles. The Morgan fingerprint density at radius 2 is 2.11 bits per heavy atom. The van der Waals surface area contributed by atoms with Gasteiger partial charge in [0.05, 0.1) is 12.8 Å². The molecule has 0 saturated carbocycles. The molecule has 4 aromatic rings. The molecule has 0 radical (unpaired) electrons. The number of benzene rings is 1. The minimum absolute atomic E-state index is 0.329. The van der Waals surface area contributed by atoms with Gasteiger partial charge in [0.25, 0.3) is 0 Å². The van der Waals surface area contributed by atoms with E-state index >= 15 is 0 Å². The Hall–Kier alpha value is -2.58. The van der Waals surface area contributed by atoms with Crippen molar-refractivity contribution >= 4 is 39.2 Å². The summed E-state index contributed by atoms with van der Waals surface area (Å²) in [6, 6.07) is 9.36. The molecule has 4 rings (SSSR count). The van der Waals surface area contributed by atoms with Gasteiger partial charge in [0, 0.05) is 17.2 Å². The van der Waals surface area contributed by atoms with Crippen molar-refractivity contribution in [2.45, 2.75) is 30.5 Å². The highest BCUT2D eigenvalue weighted by Gasteiger charge is 2.12. The van der Waals surface area contributed by atoms with Gasteiger partial charge < -0.3 is 14.2 Å². The first-order valence-electron chi connectivity index (χ1n) is 8.35. The van der Waals surface area contributed by atoms with E-state index in [1.807, 2.05) is 38.1 Å². The Labute approximate surface area is 163 Å². The molecule has 0 aliphatic carbocycles. The van der Waals surface area contributed by atoms with E-state index in [-0.39, 0.29) is 5.63 Å². The summed E-state index contributed by atoms with van der Waals surface area (Å²) < 4.78 is 11.6. The van der Waals surface area contributed by atoms with Gasteiger partial charge >= 0.3 is 5.63 Å². The smallest absolute Gasteiger partial charge is 0.336 e. The number of hydrogen-bond donors (Lipinski definition) is 1. The molecule has 0 fully saturated rings. The van der Waals surface area contributed by atoms with Gasteiger partial charge in [-0.1, -0.05) is 35.2 Å². The van der Waals surface area contributed by atoms with Crippen molar-refractivity contribution in [1.29, 1.82) is 0 Å². The number of furan rings is 1. The zero-order valence-electron chi connectivity index (χ0n) is 14.8. The molecule has 3 aromatic heterocycles. The predicted octanol–water partition coefficient (Wildman–Crippen LogP) is 4.76. The zero-order valence-corrected chi connectivity index (χ0v) is 16.4. The van der Waals surface area contributed by atoms with Crippen molar-refractivity contribution in [2.24, 2.45) is 0 Å². The van der Waals surface area contributed by atoms with Crippen LogP contribution >= 0.6 is 23.1 Å². The molecule has 0 unspecified atom stereocenters. The van der Waals surface area contributed by atoms with Crippen molar-refractivity contribution in [2.75, 3.05) is 5.32 Å². The standard InChI is InChI=1S/C19H17N3O3S2/c1-11-5-6-15-13(8-16(23)25-17(15)12(11)2)10-26-19-22-21-18(27-19)20-9-14-4-3-7-24-14/h3-8H,9-10H2,1-2H3,(H,20,21). The van der Waals surface area contributed by atoms with Gasteiger partial charge in [-0.25, -0.2) is 4.79 Å². The van der Waals surface area contributed by atoms with Crippen LogP contribution in [-0.4, -0.2) is 10.2 Å². The highest BCUT2D eigenvalue weighted by Crippen LogP contribution is 2.31. The number of aromatic nitrogens is 2. The van der Waals surface area contributed by atoms with Crippen molar-refractivity contribution < 1.29 is 8.83 Å². The molecule has 8 heteroatoms. The molecular weight excluding hydrogens is 382 g/mol. The lowest BCUT2D eigenvalue weighted by Gasteiger charge is -2.08. The first kappa shape index (κ1) is 17.8. The van der Waals surface area contributed by atoms with Crippen LogP contribution in [0, 0.1) is 13.8 Å². The van der Waals surface area contributed by atoms with Crippen LogP contribution < -0.4 is 10.9 Å². The molecule has 0 aliphatic rings. The summed E-state index contributed by atoms with van der Waals surface area (Å²) in [5.74, 6) is 1.46. The summed E-state index contributed by atoms with van der Waals surface area (Å²) >= 11 is 3.03. The highest BCUT2D eigenvalue weighted by molar-refractivity contribution is 8.00. The van der Waals surface area contributed by atoms with Crippen molar-refractivity contribution in [3.05, 3.63) is 69.5 Å². The van der Waals surface area contributed by atoms with Gasteiger partial charge in [0.1, 0.15) is 11.3 Å². The largest absolute Gasteiger partial charge is 0.467 e. The van der Waals surface area contributed by atoms with E-state index < -0.39 is 0 Å². The second kappa shape index (κ2) is 7.58. The molecule has 0 spiro atoms. The van der Waals surface area contributed by atoms with Gasteiger partial charge in [0.15, 0.2) is 4.34 Å². The van der Waals surface area contributed by atoms with Crippen molar-refractivity contribution in [3.8, 4) is 0 Å². The van der Waals surface area contributed by atoms with E-state index in [0.717, 1.165) is 37.3 Å². The summed E-state index contributed by atoms with van der Waals surface area (Å²) in [7, 11) is 0.